The summed E-state index contributed by atoms with van der Waals surface area (Å²) in [7, 11) is 2.11. The van der Waals surface area contributed by atoms with E-state index in [9.17, 15) is 0 Å². The summed E-state index contributed by atoms with van der Waals surface area (Å²) >= 11 is 6.20. The zero-order valence-corrected chi connectivity index (χ0v) is 17.8. The SMILES string of the molecule is CCO[P@]1(=S)/C(=C2\N(C)c3ccccc3C2(C)C)C=NN1c1ccccc1. The van der Waals surface area contributed by atoms with Gasteiger partial charge in [-0.3, -0.25) is 0 Å². The first-order chi connectivity index (χ1) is 12.9. The van der Waals surface area contributed by atoms with Crippen molar-refractivity contribution in [1.29, 1.82) is 0 Å². The highest BCUT2D eigenvalue weighted by molar-refractivity contribution is 8.15. The van der Waals surface area contributed by atoms with Crippen molar-refractivity contribution < 1.29 is 4.52 Å². The number of para-hydroxylation sites is 2. The monoisotopic (exact) mass is 397 g/mol. The second kappa shape index (κ2) is 6.59. The molecule has 2 aliphatic heterocycles. The fourth-order valence-corrected chi connectivity index (χ4v) is 7.53. The highest BCUT2D eigenvalue weighted by Crippen LogP contribution is 2.66. The van der Waals surface area contributed by atoms with Crippen LogP contribution < -0.4 is 9.68 Å². The first-order valence-corrected chi connectivity index (χ1v) is 11.8. The van der Waals surface area contributed by atoms with E-state index in [0.29, 0.717) is 6.61 Å². The fraction of sp³-hybridized carbons (Fsp3) is 0.286. The van der Waals surface area contributed by atoms with E-state index in [-0.39, 0.29) is 5.41 Å². The molecular weight excluding hydrogens is 373 g/mol. The summed E-state index contributed by atoms with van der Waals surface area (Å²) in [5.41, 5.74) is 4.51. The number of hydrogen-bond acceptors (Lipinski definition) is 4. The summed E-state index contributed by atoms with van der Waals surface area (Å²) in [6.45, 7) is 7.05. The van der Waals surface area contributed by atoms with E-state index in [1.807, 2.05) is 48.2 Å². The van der Waals surface area contributed by atoms with Gasteiger partial charge in [-0.1, -0.05) is 50.2 Å². The van der Waals surface area contributed by atoms with E-state index in [1.165, 1.54) is 16.9 Å². The molecule has 0 radical (unpaired) electrons. The molecule has 0 aromatic heterocycles. The van der Waals surface area contributed by atoms with E-state index < -0.39 is 6.42 Å². The Morgan fingerprint density at radius 3 is 2.41 bits per heavy atom. The lowest BCUT2D eigenvalue weighted by Crippen LogP contribution is -2.26. The van der Waals surface area contributed by atoms with Crippen LogP contribution in [-0.2, 0) is 21.7 Å². The first-order valence-electron chi connectivity index (χ1n) is 9.14. The van der Waals surface area contributed by atoms with Crippen molar-refractivity contribution in [2.24, 2.45) is 5.10 Å². The third kappa shape index (κ3) is 2.68. The summed E-state index contributed by atoms with van der Waals surface area (Å²) in [6, 6.07) is 18.6. The number of fused-ring (bicyclic) bond motifs is 1. The molecule has 0 N–H and O–H groups in total. The lowest BCUT2D eigenvalue weighted by Gasteiger charge is -2.32. The topological polar surface area (TPSA) is 28.1 Å². The number of hydrazone groups is 1. The first kappa shape index (κ1) is 18.4. The number of hydrogen-bond donors (Lipinski definition) is 0. The second-order valence-corrected chi connectivity index (χ2v) is 10.9. The van der Waals surface area contributed by atoms with Crippen LogP contribution >= 0.6 is 6.42 Å². The Bertz CT molecular complexity index is 984. The zero-order chi connectivity index (χ0) is 19.2. The van der Waals surface area contributed by atoms with Crippen LogP contribution in [0.2, 0.25) is 0 Å². The molecule has 1 atom stereocenters. The molecular formula is C21H24N3OPS. The highest BCUT2D eigenvalue weighted by atomic mass is 32.4. The van der Waals surface area contributed by atoms with Gasteiger partial charge < -0.3 is 9.42 Å². The molecule has 0 amide bonds. The smallest absolute Gasteiger partial charge is 0.209 e. The standard InChI is InChI=1S/C21H24N3OPS/c1-5-25-26(27)19(15-22-24(26)16-11-7-6-8-12-16)20-21(2,3)17-13-9-10-14-18(17)23(20)4/h6-15H,5H2,1-4H3/b20-19-/t26-/m0/s1. The molecule has 2 aliphatic rings. The molecule has 4 nitrogen and oxygen atoms in total. The van der Waals surface area contributed by atoms with Crippen LogP contribution in [0.3, 0.4) is 0 Å². The number of allylic oxidation sites excluding steroid dienone is 2. The summed E-state index contributed by atoms with van der Waals surface area (Å²) < 4.78 is 8.18. The predicted molar refractivity (Wildman–Crippen MR) is 118 cm³/mol. The van der Waals surface area contributed by atoms with Crippen molar-refractivity contribution >= 4 is 35.8 Å². The minimum Gasteiger partial charge on any atom is -0.346 e. The molecule has 2 heterocycles. The summed E-state index contributed by atoms with van der Waals surface area (Å²) in [6.07, 6.45) is -0.605. The van der Waals surface area contributed by atoms with E-state index in [2.05, 4.69) is 50.1 Å². The maximum atomic E-state index is 6.27. The Balaban J connectivity index is 1.91. The van der Waals surface area contributed by atoms with Gasteiger partial charge in [-0.2, -0.15) is 5.10 Å². The Morgan fingerprint density at radius 2 is 1.74 bits per heavy atom. The molecule has 0 fully saturated rings. The average molecular weight is 397 g/mol. The summed E-state index contributed by atoms with van der Waals surface area (Å²) in [5.74, 6) is 0. The number of likely N-dealkylation sites (N-methyl/N-ethyl adjacent to an activating group) is 1. The van der Waals surface area contributed by atoms with E-state index in [4.69, 9.17) is 21.4 Å². The maximum absolute atomic E-state index is 6.27. The molecule has 0 aliphatic carbocycles. The van der Waals surface area contributed by atoms with Gasteiger partial charge in [0, 0.05) is 23.8 Å². The molecule has 0 saturated heterocycles. The quantitative estimate of drug-likeness (QED) is 0.642. The van der Waals surface area contributed by atoms with Crippen LogP contribution in [0.1, 0.15) is 26.3 Å². The van der Waals surface area contributed by atoms with Crippen molar-refractivity contribution in [3.63, 3.8) is 0 Å². The number of benzene rings is 2. The average Bonchev–Trinajstić information content (AvgIpc) is 3.08. The third-order valence-electron chi connectivity index (χ3n) is 5.24. The van der Waals surface area contributed by atoms with Crippen LogP contribution in [0.4, 0.5) is 11.4 Å². The van der Waals surface area contributed by atoms with E-state index >= 15 is 0 Å². The summed E-state index contributed by atoms with van der Waals surface area (Å²) in [5, 5.41) is 5.74. The molecule has 0 bridgehead atoms. The molecule has 2 aromatic carbocycles. The Kier molecular flexibility index (Phi) is 4.50. The number of rotatable bonds is 3. The zero-order valence-electron chi connectivity index (χ0n) is 16.1. The number of anilines is 2. The van der Waals surface area contributed by atoms with Gasteiger partial charge in [-0.05, 0) is 42.5 Å². The van der Waals surface area contributed by atoms with Gasteiger partial charge in [0.05, 0.1) is 23.8 Å². The van der Waals surface area contributed by atoms with E-state index in [1.54, 1.807) is 0 Å². The van der Waals surface area contributed by atoms with Crippen molar-refractivity contribution in [3.05, 3.63) is 71.2 Å². The van der Waals surface area contributed by atoms with Crippen LogP contribution in [0, 0.1) is 0 Å². The number of nitrogens with zero attached hydrogens (tertiary/aromatic N) is 3. The predicted octanol–water partition coefficient (Wildman–Crippen LogP) is 5.48. The van der Waals surface area contributed by atoms with Crippen molar-refractivity contribution in [3.8, 4) is 0 Å². The van der Waals surface area contributed by atoms with Crippen LogP contribution in [-0.4, -0.2) is 19.9 Å². The molecule has 0 saturated carbocycles. The Morgan fingerprint density at radius 1 is 1.07 bits per heavy atom. The molecule has 27 heavy (non-hydrogen) atoms. The minimum atomic E-state index is -2.52. The minimum absolute atomic E-state index is 0.166. The van der Waals surface area contributed by atoms with Gasteiger partial charge in [0.1, 0.15) is 0 Å². The van der Waals surface area contributed by atoms with Crippen LogP contribution in [0.15, 0.2) is 70.7 Å². The van der Waals surface area contributed by atoms with Gasteiger partial charge in [-0.15, -0.1) is 0 Å². The molecule has 4 rings (SSSR count). The van der Waals surface area contributed by atoms with Gasteiger partial charge in [0.2, 0.25) is 6.42 Å². The van der Waals surface area contributed by atoms with Crippen molar-refractivity contribution in [2.75, 3.05) is 23.3 Å². The third-order valence-corrected chi connectivity index (χ3v) is 8.99. The normalized spacial score (nSPS) is 25.9. The molecule has 6 heteroatoms. The van der Waals surface area contributed by atoms with Crippen molar-refractivity contribution in [2.45, 2.75) is 26.2 Å². The van der Waals surface area contributed by atoms with Crippen LogP contribution in [0.5, 0.6) is 0 Å². The van der Waals surface area contributed by atoms with E-state index in [0.717, 1.165) is 11.0 Å². The molecule has 2 aromatic rings. The maximum Gasteiger partial charge on any atom is 0.209 e. The fourth-order valence-electron chi connectivity index (χ4n) is 4.08. The Labute approximate surface area is 166 Å². The van der Waals surface area contributed by atoms with Crippen molar-refractivity contribution in [1.82, 2.24) is 0 Å². The summed E-state index contributed by atoms with van der Waals surface area (Å²) in [4.78, 5) is 2.26. The second-order valence-electron chi connectivity index (χ2n) is 7.24. The molecule has 0 unspecified atom stereocenters. The lowest BCUT2D eigenvalue weighted by molar-refractivity contribution is 0.379. The van der Waals surface area contributed by atoms with Gasteiger partial charge in [0.25, 0.3) is 0 Å². The lowest BCUT2D eigenvalue weighted by atomic mass is 9.84. The molecule has 0 spiro atoms. The largest absolute Gasteiger partial charge is 0.346 e. The van der Waals surface area contributed by atoms with Gasteiger partial charge in [0.15, 0.2) is 0 Å². The van der Waals surface area contributed by atoms with Gasteiger partial charge >= 0.3 is 0 Å². The van der Waals surface area contributed by atoms with Gasteiger partial charge in [-0.25, -0.2) is 4.78 Å². The molecule has 140 valence electrons. The highest BCUT2D eigenvalue weighted by Gasteiger charge is 2.46. The Hall–Kier alpha value is -1.94. The van der Waals surface area contributed by atoms with Crippen LogP contribution in [0.25, 0.3) is 0 Å².